The van der Waals surface area contributed by atoms with Crippen LogP contribution in [-0.4, -0.2) is 32.6 Å². The molecule has 10 heteroatoms. The Morgan fingerprint density at radius 1 is 1.00 bits per heavy atom. The Labute approximate surface area is 208 Å². The minimum atomic E-state index is -4.63. The molecule has 6 nitrogen and oxygen atoms in total. The maximum absolute atomic E-state index is 13.3. The molecule has 1 N–H and O–H groups in total. The lowest BCUT2D eigenvalue weighted by Gasteiger charge is -2.31. The van der Waals surface area contributed by atoms with Gasteiger partial charge in [-0.2, -0.15) is 13.2 Å². The number of carbonyl (C=O) groups is 1. The Balaban J connectivity index is 0.000000658. The van der Waals surface area contributed by atoms with Gasteiger partial charge in [0.25, 0.3) is 10.0 Å². The summed E-state index contributed by atoms with van der Waals surface area (Å²) in [6.07, 6.45) is -3.55. The molecule has 1 aliphatic heterocycles. The number of sulfonamides is 1. The summed E-state index contributed by atoms with van der Waals surface area (Å²) in [6, 6.07) is 16.9. The van der Waals surface area contributed by atoms with Crippen LogP contribution < -0.4 is 9.04 Å². The summed E-state index contributed by atoms with van der Waals surface area (Å²) in [4.78, 5) is 8.96. The van der Waals surface area contributed by atoms with Crippen LogP contribution in [0.2, 0.25) is 0 Å². The van der Waals surface area contributed by atoms with E-state index in [-0.39, 0.29) is 19.6 Å². The summed E-state index contributed by atoms with van der Waals surface area (Å²) < 4.78 is 72.6. The normalized spacial score (nSPS) is 13.2. The van der Waals surface area contributed by atoms with Gasteiger partial charge in [0.15, 0.2) is 0 Å². The summed E-state index contributed by atoms with van der Waals surface area (Å²) in [6.45, 7) is 3.76. The van der Waals surface area contributed by atoms with E-state index in [1.165, 1.54) is 6.07 Å². The number of benzene rings is 3. The number of hydrogen-bond donors (Lipinski definition) is 1. The molecular formula is C26H26F3NO5S. The summed E-state index contributed by atoms with van der Waals surface area (Å²) in [5.74, 6) is -0.373. The molecule has 0 fully saturated rings. The van der Waals surface area contributed by atoms with Crippen molar-refractivity contribution >= 4 is 21.7 Å². The van der Waals surface area contributed by atoms with Crippen molar-refractivity contribution in [3.63, 3.8) is 0 Å². The molecule has 3 aromatic carbocycles. The molecule has 36 heavy (non-hydrogen) atoms. The molecule has 0 radical (unpaired) electrons. The van der Waals surface area contributed by atoms with Gasteiger partial charge in [-0.25, -0.2) is 8.42 Å². The van der Waals surface area contributed by atoms with E-state index in [4.69, 9.17) is 9.84 Å². The number of aryl methyl sites for hydroxylation is 1. The number of nitrogens with zero attached hydrogens (tertiary/aromatic N) is 1. The van der Waals surface area contributed by atoms with Crippen LogP contribution in [0.4, 0.5) is 18.9 Å². The molecule has 0 amide bonds. The lowest BCUT2D eigenvalue weighted by atomic mass is 10.0. The maximum Gasteiger partial charge on any atom is 0.416 e. The summed E-state index contributed by atoms with van der Waals surface area (Å²) in [5, 5.41) is 7.72. The molecule has 192 valence electrons. The molecule has 0 aliphatic carbocycles. The number of alkyl halides is 3. The van der Waals surface area contributed by atoms with E-state index >= 15 is 0 Å². The second-order valence-electron chi connectivity index (χ2n) is 7.93. The van der Waals surface area contributed by atoms with Crippen molar-refractivity contribution in [3.8, 4) is 16.9 Å². The van der Waals surface area contributed by atoms with Crippen molar-refractivity contribution in [1.82, 2.24) is 0 Å². The number of fused-ring (bicyclic) bond motifs is 1. The van der Waals surface area contributed by atoms with Crippen LogP contribution in [0.1, 0.15) is 31.4 Å². The highest BCUT2D eigenvalue weighted by Gasteiger charge is 2.34. The van der Waals surface area contributed by atoms with Crippen LogP contribution in [0.5, 0.6) is 5.75 Å². The zero-order valence-electron chi connectivity index (χ0n) is 19.7. The Hall–Kier alpha value is -3.53. The molecule has 0 bridgehead atoms. The van der Waals surface area contributed by atoms with Gasteiger partial charge in [-0.05, 0) is 53.4 Å². The first-order valence-corrected chi connectivity index (χ1v) is 12.7. The topological polar surface area (TPSA) is 83.9 Å². The van der Waals surface area contributed by atoms with Crippen molar-refractivity contribution in [1.29, 1.82) is 0 Å². The number of hydrogen-bond acceptors (Lipinski definition) is 4. The number of halogens is 3. The highest BCUT2D eigenvalue weighted by atomic mass is 32.2. The number of aliphatic carboxylic acids is 1. The molecule has 0 saturated carbocycles. The van der Waals surface area contributed by atoms with Gasteiger partial charge in [0, 0.05) is 6.42 Å². The Morgan fingerprint density at radius 3 is 2.31 bits per heavy atom. The monoisotopic (exact) mass is 521 g/mol. The average molecular weight is 522 g/mol. The third-order valence-corrected chi connectivity index (χ3v) is 7.31. The molecule has 0 unspecified atom stereocenters. The van der Waals surface area contributed by atoms with Gasteiger partial charge >= 0.3 is 12.1 Å². The molecule has 0 saturated heterocycles. The molecule has 4 rings (SSSR count). The van der Waals surface area contributed by atoms with E-state index in [0.717, 1.165) is 39.5 Å². The molecule has 3 aromatic rings. The number of rotatable bonds is 5. The van der Waals surface area contributed by atoms with Crippen LogP contribution in [0.25, 0.3) is 11.1 Å². The number of carboxylic acids is 1. The van der Waals surface area contributed by atoms with Crippen molar-refractivity contribution in [2.45, 2.75) is 37.8 Å². The summed E-state index contributed by atoms with van der Waals surface area (Å²) in [7, 11) is -4.22. The predicted molar refractivity (Wildman–Crippen MR) is 131 cm³/mol. The van der Waals surface area contributed by atoms with Gasteiger partial charge in [-0.3, -0.25) is 9.10 Å². The molecule has 0 atom stereocenters. The first kappa shape index (κ1) is 27.1. The van der Waals surface area contributed by atoms with E-state index in [0.29, 0.717) is 17.5 Å². The second kappa shape index (κ2) is 11.0. The zero-order chi connectivity index (χ0) is 26.5. The van der Waals surface area contributed by atoms with E-state index in [9.17, 15) is 26.4 Å². The van der Waals surface area contributed by atoms with Gasteiger partial charge in [0.1, 0.15) is 12.4 Å². The smallest absolute Gasteiger partial charge is 0.416 e. The van der Waals surface area contributed by atoms with Gasteiger partial charge in [-0.15, -0.1) is 0 Å². The SMILES string of the molecule is CCC(=O)O.CCc1cccc(-c2ccc3c(c2)N(S(=O)(=O)c2cccc(C(F)(F)F)c2)CCO3)c1. The van der Waals surface area contributed by atoms with Crippen LogP contribution in [0, 0.1) is 0 Å². The lowest BCUT2D eigenvalue weighted by molar-refractivity contribution is -0.138. The standard InChI is InChI=1S/C23H20F3NO3S.C3H6O2/c1-2-16-5-3-6-17(13-16)18-9-10-22-21(14-18)27(11-12-30-22)31(28,29)20-8-4-7-19(15-20)23(24,25)26;1-2-3(4)5/h3-10,13-15H,2,11-12H2,1H3;2H2,1H3,(H,4,5). The predicted octanol–water partition coefficient (Wildman–Crippen LogP) is 6.00. The Morgan fingerprint density at radius 2 is 1.67 bits per heavy atom. The highest BCUT2D eigenvalue weighted by molar-refractivity contribution is 7.92. The average Bonchev–Trinajstić information content (AvgIpc) is 2.88. The van der Waals surface area contributed by atoms with Gasteiger partial charge in [0.05, 0.1) is 22.7 Å². The molecule has 0 spiro atoms. The number of anilines is 1. The molecule has 1 heterocycles. The highest BCUT2D eigenvalue weighted by Crippen LogP contribution is 2.39. The van der Waals surface area contributed by atoms with E-state index in [1.54, 1.807) is 19.1 Å². The quantitative estimate of drug-likeness (QED) is 0.445. The Kier molecular flexibility index (Phi) is 8.29. The Bertz CT molecular complexity index is 1340. The minimum Gasteiger partial charge on any atom is -0.489 e. The van der Waals surface area contributed by atoms with Gasteiger partial charge < -0.3 is 9.84 Å². The first-order chi connectivity index (χ1) is 17.0. The van der Waals surface area contributed by atoms with Crippen LogP contribution in [0.15, 0.2) is 71.6 Å². The van der Waals surface area contributed by atoms with Crippen LogP contribution in [0.3, 0.4) is 0 Å². The molecular weight excluding hydrogens is 495 g/mol. The second-order valence-corrected chi connectivity index (χ2v) is 9.80. The van der Waals surface area contributed by atoms with Gasteiger partial charge in [-0.1, -0.05) is 50.2 Å². The van der Waals surface area contributed by atoms with Crippen LogP contribution >= 0.6 is 0 Å². The van der Waals surface area contributed by atoms with E-state index in [1.807, 2.05) is 37.3 Å². The lowest BCUT2D eigenvalue weighted by Crippen LogP contribution is -2.38. The molecule has 1 aliphatic rings. The van der Waals surface area contributed by atoms with Crippen molar-refractivity contribution in [3.05, 3.63) is 77.9 Å². The summed E-state index contributed by atoms with van der Waals surface area (Å²) >= 11 is 0. The fraction of sp³-hybridized carbons (Fsp3) is 0.269. The first-order valence-electron chi connectivity index (χ1n) is 11.2. The fourth-order valence-corrected chi connectivity index (χ4v) is 5.05. The molecule has 0 aromatic heterocycles. The number of carboxylic acid groups (broad SMARTS) is 1. The van der Waals surface area contributed by atoms with Crippen LogP contribution in [-0.2, 0) is 27.4 Å². The minimum absolute atomic E-state index is 0.00400. The third kappa shape index (κ3) is 6.17. The third-order valence-electron chi connectivity index (χ3n) is 5.50. The number of ether oxygens (including phenoxy) is 1. The summed E-state index contributed by atoms with van der Waals surface area (Å²) in [5.41, 5.74) is 2.16. The zero-order valence-corrected chi connectivity index (χ0v) is 20.6. The van der Waals surface area contributed by atoms with Gasteiger partial charge in [0.2, 0.25) is 0 Å². The largest absolute Gasteiger partial charge is 0.489 e. The van der Waals surface area contributed by atoms with Crippen molar-refractivity contribution in [2.24, 2.45) is 0 Å². The fourth-order valence-electron chi connectivity index (χ4n) is 3.55. The van der Waals surface area contributed by atoms with E-state index < -0.39 is 32.6 Å². The maximum atomic E-state index is 13.3. The van der Waals surface area contributed by atoms with Crippen molar-refractivity contribution in [2.75, 3.05) is 17.5 Å². The van der Waals surface area contributed by atoms with Crippen molar-refractivity contribution < 1.29 is 36.2 Å². The van der Waals surface area contributed by atoms with E-state index in [2.05, 4.69) is 0 Å².